The van der Waals surface area contributed by atoms with E-state index in [-0.39, 0.29) is 19.1 Å². The van der Waals surface area contributed by atoms with Gasteiger partial charge in [0.2, 0.25) is 5.91 Å². The molecule has 0 fully saturated rings. The summed E-state index contributed by atoms with van der Waals surface area (Å²) in [6, 6.07) is 13.5. The van der Waals surface area contributed by atoms with Crippen LogP contribution in [-0.4, -0.2) is 30.7 Å². The molecule has 2 rings (SSSR count). The van der Waals surface area contributed by atoms with E-state index >= 15 is 0 Å². The summed E-state index contributed by atoms with van der Waals surface area (Å²) >= 11 is 6.25. The first-order valence-electron chi connectivity index (χ1n) is 7.98. The van der Waals surface area contributed by atoms with Gasteiger partial charge in [-0.15, -0.1) is 0 Å². The van der Waals surface area contributed by atoms with Gasteiger partial charge in [0.15, 0.2) is 0 Å². The third-order valence-corrected chi connectivity index (χ3v) is 4.04. The Morgan fingerprint density at radius 3 is 2.54 bits per heavy atom. The lowest BCUT2D eigenvalue weighted by Gasteiger charge is -2.24. The maximum Gasteiger partial charge on any atom is 0.243 e. The lowest BCUT2D eigenvalue weighted by Crippen LogP contribution is -2.34. The molecule has 24 heavy (non-hydrogen) atoms. The number of benzene rings is 2. The van der Waals surface area contributed by atoms with Gasteiger partial charge in [-0.25, -0.2) is 0 Å². The number of rotatable bonds is 7. The van der Waals surface area contributed by atoms with Crippen LogP contribution in [0, 0.1) is 13.8 Å². The van der Waals surface area contributed by atoms with Crippen LogP contribution in [0.5, 0.6) is 0 Å². The lowest BCUT2D eigenvalue weighted by atomic mass is 10.1. The highest BCUT2D eigenvalue weighted by atomic mass is 35.5. The molecule has 1 amide bonds. The van der Waals surface area contributed by atoms with Crippen molar-refractivity contribution in [3.05, 3.63) is 58.6 Å². The van der Waals surface area contributed by atoms with Gasteiger partial charge in [-0.1, -0.05) is 35.9 Å². The van der Waals surface area contributed by atoms with Crippen molar-refractivity contribution in [2.75, 3.05) is 29.9 Å². The van der Waals surface area contributed by atoms with Crippen molar-refractivity contribution in [3.63, 3.8) is 0 Å². The predicted octanol–water partition coefficient (Wildman–Crippen LogP) is 3.78. The van der Waals surface area contributed by atoms with Crippen LogP contribution in [-0.2, 0) is 4.79 Å². The van der Waals surface area contributed by atoms with E-state index in [0.717, 1.165) is 16.8 Å². The van der Waals surface area contributed by atoms with Crippen molar-refractivity contribution in [2.24, 2.45) is 0 Å². The van der Waals surface area contributed by atoms with E-state index in [9.17, 15) is 4.79 Å². The molecular formula is C19H23ClN2O2. The molecule has 2 N–H and O–H groups in total. The average molecular weight is 347 g/mol. The van der Waals surface area contributed by atoms with Gasteiger partial charge >= 0.3 is 0 Å². The van der Waals surface area contributed by atoms with Crippen molar-refractivity contribution < 1.29 is 9.90 Å². The molecule has 0 saturated heterocycles. The normalized spacial score (nSPS) is 10.5. The summed E-state index contributed by atoms with van der Waals surface area (Å²) in [6.07, 6.45) is 0.604. The first-order chi connectivity index (χ1) is 11.5. The first-order valence-corrected chi connectivity index (χ1v) is 8.36. The predicted molar refractivity (Wildman–Crippen MR) is 99.9 cm³/mol. The number of para-hydroxylation sites is 1. The van der Waals surface area contributed by atoms with E-state index in [1.165, 1.54) is 0 Å². The van der Waals surface area contributed by atoms with E-state index in [2.05, 4.69) is 5.32 Å². The van der Waals surface area contributed by atoms with Crippen LogP contribution in [0.2, 0.25) is 5.02 Å². The Morgan fingerprint density at radius 1 is 1.21 bits per heavy atom. The van der Waals surface area contributed by atoms with E-state index < -0.39 is 0 Å². The molecule has 128 valence electrons. The summed E-state index contributed by atoms with van der Waals surface area (Å²) in [5, 5.41) is 12.5. The Labute approximate surface area is 148 Å². The summed E-state index contributed by atoms with van der Waals surface area (Å²) in [5.74, 6) is -0.134. The standard InChI is InChI=1S/C19H23ClN2O2/c1-14-11-15(2)19(17(20)12-14)21-18(24)13-22(9-6-10-23)16-7-4-3-5-8-16/h3-5,7-8,11-12,23H,6,9-10,13H2,1-2H3,(H,21,24). The van der Waals surface area contributed by atoms with Crippen molar-refractivity contribution in [1.29, 1.82) is 0 Å². The van der Waals surface area contributed by atoms with E-state index in [1.807, 2.05) is 61.2 Å². The fourth-order valence-electron chi connectivity index (χ4n) is 2.63. The molecule has 0 bridgehead atoms. The van der Waals surface area contributed by atoms with Crippen LogP contribution < -0.4 is 10.2 Å². The zero-order chi connectivity index (χ0) is 17.5. The molecule has 0 atom stereocenters. The third kappa shape index (κ3) is 4.98. The van der Waals surface area contributed by atoms with Gasteiger partial charge in [-0.3, -0.25) is 4.79 Å². The number of nitrogens with zero attached hydrogens (tertiary/aromatic N) is 1. The molecule has 5 heteroatoms. The summed E-state index contributed by atoms with van der Waals surface area (Å²) in [7, 11) is 0. The number of anilines is 2. The number of nitrogens with one attached hydrogen (secondary N) is 1. The van der Waals surface area contributed by atoms with Crippen LogP contribution in [0.3, 0.4) is 0 Å². The van der Waals surface area contributed by atoms with E-state index in [1.54, 1.807) is 0 Å². The Morgan fingerprint density at radius 2 is 1.92 bits per heavy atom. The lowest BCUT2D eigenvalue weighted by molar-refractivity contribution is -0.115. The first kappa shape index (κ1) is 18.3. The molecule has 0 spiro atoms. The molecule has 0 unspecified atom stereocenters. The van der Waals surface area contributed by atoms with Gasteiger partial charge in [0, 0.05) is 18.8 Å². The Bertz CT molecular complexity index is 666. The van der Waals surface area contributed by atoms with Gasteiger partial charge < -0.3 is 15.3 Å². The number of hydrogen-bond acceptors (Lipinski definition) is 3. The van der Waals surface area contributed by atoms with Gasteiger partial charge in [0.05, 0.1) is 17.3 Å². The molecule has 0 aromatic heterocycles. The van der Waals surface area contributed by atoms with Gasteiger partial charge in [0.25, 0.3) is 0 Å². The number of hydrogen-bond donors (Lipinski definition) is 2. The molecular weight excluding hydrogens is 324 g/mol. The van der Waals surface area contributed by atoms with Crippen LogP contribution in [0.15, 0.2) is 42.5 Å². The van der Waals surface area contributed by atoms with Crippen molar-refractivity contribution >= 4 is 28.9 Å². The van der Waals surface area contributed by atoms with Crippen molar-refractivity contribution in [1.82, 2.24) is 0 Å². The molecule has 2 aromatic carbocycles. The Kier molecular flexibility index (Phi) is 6.64. The fourth-order valence-corrected chi connectivity index (χ4v) is 2.99. The molecule has 0 radical (unpaired) electrons. The van der Waals surface area contributed by atoms with E-state index in [4.69, 9.17) is 16.7 Å². The summed E-state index contributed by atoms with van der Waals surface area (Å²) in [6.45, 7) is 4.79. The van der Waals surface area contributed by atoms with Crippen LogP contribution in [0.1, 0.15) is 17.5 Å². The molecule has 4 nitrogen and oxygen atoms in total. The SMILES string of the molecule is Cc1cc(C)c(NC(=O)CN(CCCO)c2ccccc2)c(Cl)c1. The second kappa shape index (κ2) is 8.71. The zero-order valence-electron chi connectivity index (χ0n) is 14.1. The second-order valence-corrected chi connectivity index (χ2v) is 6.23. The van der Waals surface area contributed by atoms with Gasteiger partial charge in [-0.05, 0) is 49.6 Å². The highest BCUT2D eigenvalue weighted by Gasteiger charge is 2.14. The number of aryl methyl sites for hydroxylation is 2. The largest absolute Gasteiger partial charge is 0.396 e. The third-order valence-electron chi connectivity index (χ3n) is 3.74. The minimum Gasteiger partial charge on any atom is -0.396 e. The number of aliphatic hydroxyl groups excluding tert-OH is 1. The maximum absolute atomic E-state index is 12.5. The minimum absolute atomic E-state index is 0.0911. The topological polar surface area (TPSA) is 52.6 Å². The quantitative estimate of drug-likeness (QED) is 0.802. The molecule has 0 heterocycles. The Hall–Kier alpha value is -2.04. The molecule has 0 aliphatic carbocycles. The molecule has 0 saturated carbocycles. The van der Waals surface area contributed by atoms with Crippen LogP contribution >= 0.6 is 11.6 Å². The Balaban J connectivity index is 2.11. The monoisotopic (exact) mass is 346 g/mol. The number of carbonyl (C=O) groups excluding carboxylic acids is 1. The maximum atomic E-state index is 12.5. The molecule has 0 aliphatic heterocycles. The molecule has 0 aliphatic rings. The summed E-state index contributed by atoms with van der Waals surface area (Å²) in [5.41, 5.74) is 3.61. The fraction of sp³-hybridized carbons (Fsp3) is 0.316. The number of aliphatic hydroxyl groups is 1. The van der Waals surface area contributed by atoms with Crippen molar-refractivity contribution in [3.8, 4) is 0 Å². The molecule has 2 aromatic rings. The highest BCUT2D eigenvalue weighted by Crippen LogP contribution is 2.27. The highest BCUT2D eigenvalue weighted by molar-refractivity contribution is 6.34. The summed E-state index contributed by atoms with van der Waals surface area (Å²) in [4.78, 5) is 14.4. The number of halogens is 1. The van der Waals surface area contributed by atoms with Crippen LogP contribution in [0.4, 0.5) is 11.4 Å². The van der Waals surface area contributed by atoms with Crippen LogP contribution in [0.25, 0.3) is 0 Å². The van der Waals surface area contributed by atoms with Gasteiger partial charge in [-0.2, -0.15) is 0 Å². The average Bonchev–Trinajstić information content (AvgIpc) is 2.55. The smallest absolute Gasteiger partial charge is 0.243 e. The zero-order valence-corrected chi connectivity index (χ0v) is 14.8. The van der Waals surface area contributed by atoms with E-state index in [0.29, 0.717) is 23.7 Å². The number of amides is 1. The van der Waals surface area contributed by atoms with Crippen molar-refractivity contribution in [2.45, 2.75) is 20.3 Å². The minimum atomic E-state index is -0.134. The van der Waals surface area contributed by atoms with Gasteiger partial charge in [0.1, 0.15) is 0 Å². The second-order valence-electron chi connectivity index (χ2n) is 5.82. The summed E-state index contributed by atoms with van der Waals surface area (Å²) < 4.78 is 0. The number of carbonyl (C=O) groups is 1.